The van der Waals surface area contributed by atoms with Gasteiger partial charge >= 0.3 is 5.97 Å². The fourth-order valence-electron chi connectivity index (χ4n) is 3.06. The Kier molecular flexibility index (Phi) is 6.99. The lowest BCUT2D eigenvalue weighted by atomic mass is 9.87. The lowest BCUT2D eigenvalue weighted by Gasteiger charge is -2.19. The molecule has 148 valence electrons. The molecule has 1 aromatic rings. The number of nitrogens with one attached hydrogen (secondary N) is 2. The van der Waals surface area contributed by atoms with E-state index in [0.29, 0.717) is 5.56 Å². The van der Waals surface area contributed by atoms with Crippen LogP contribution in [0.5, 0.6) is 0 Å². The van der Waals surface area contributed by atoms with Crippen molar-refractivity contribution in [1.82, 2.24) is 10.6 Å². The van der Waals surface area contributed by atoms with Gasteiger partial charge in [0.1, 0.15) is 6.54 Å². The Balaban J connectivity index is 1.77. The molecule has 2 rings (SSSR count). The summed E-state index contributed by atoms with van der Waals surface area (Å²) < 4.78 is 5.11. The van der Waals surface area contributed by atoms with Crippen molar-refractivity contribution in [2.24, 2.45) is 0 Å². The van der Waals surface area contributed by atoms with E-state index in [4.69, 9.17) is 4.74 Å². The van der Waals surface area contributed by atoms with Crippen molar-refractivity contribution in [2.45, 2.75) is 70.9 Å². The highest BCUT2D eigenvalue weighted by molar-refractivity contribution is 5.96. The Morgan fingerprint density at radius 1 is 1.11 bits per heavy atom. The number of carbonyl (C=O) groups excluding carboxylic acids is 3. The SMILES string of the molecule is C[C@H](OC(=O)CNC(=O)c1ccc(C(C)(C)C)cc1)C(=O)NC1CCCC1. The fraction of sp³-hybridized carbons (Fsp3) is 0.571. The summed E-state index contributed by atoms with van der Waals surface area (Å²) in [6.07, 6.45) is 3.29. The fourth-order valence-corrected chi connectivity index (χ4v) is 3.06. The molecule has 0 heterocycles. The highest BCUT2D eigenvalue weighted by atomic mass is 16.5. The Morgan fingerprint density at radius 2 is 1.70 bits per heavy atom. The van der Waals surface area contributed by atoms with Crippen LogP contribution in [0.2, 0.25) is 0 Å². The van der Waals surface area contributed by atoms with Gasteiger partial charge < -0.3 is 15.4 Å². The number of rotatable bonds is 6. The molecule has 1 fully saturated rings. The molecule has 0 spiro atoms. The van der Waals surface area contributed by atoms with Gasteiger partial charge in [0.2, 0.25) is 0 Å². The molecular weight excluding hydrogens is 344 g/mol. The van der Waals surface area contributed by atoms with E-state index in [1.807, 2.05) is 12.1 Å². The minimum atomic E-state index is -0.874. The number of ether oxygens (including phenoxy) is 1. The van der Waals surface area contributed by atoms with Gasteiger partial charge in [0.05, 0.1) is 0 Å². The van der Waals surface area contributed by atoms with E-state index in [-0.39, 0.29) is 29.8 Å². The van der Waals surface area contributed by atoms with Crippen LogP contribution in [0, 0.1) is 0 Å². The minimum absolute atomic E-state index is 0.00796. The Morgan fingerprint density at radius 3 is 2.26 bits per heavy atom. The predicted molar refractivity (Wildman–Crippen MR) is 103 cm³/mol. The Hall–Kier alpha value is -2.37. The molecule has 27 heavy (non-hydrogen) atoms. The van der Waals surface area contributed by atoms with Crippen molar-refractivity contribution < 1.29 is 19.1 Å². The summed E-state index contributed by atoms with van der Waals surface area (Å²) in [5.41, 5.74) is 1.61. The van der Waals surface area contributed by atoms with Crippen LogP contribution in [-0.2, 0) is 19.7 Å². The third-order valence-corrected chi connectivity index (χ3v) is 4.79. The van der Waals surface area contributed by atoms with Crippen molar-refractivity contribution in [3.63, 3.8) is 0 Å². The van der Waals surface area contributed by atoms with Crippen LogP contribution in [-0.4, -0.2) is 36.5 Å². The molecule has 0 aromatic heterocycles. The quantitative estimate of drug-likeness (QED) is 0.750. The second-order valence-electron chi connectivity index (χ2n) is 8.13. The molecule has 2 N–H and O–H groups in total. The van der Waals surface area contributed by atoms with E-state index in [1.165, 1.54) is 6.92 Å². The molecule has 0 radical (unpaired) electrons. The van der Waals surface area contributed by atoms with Crippen molar-refractivity contribution in [2.75, 3.05) is 6.54 Å². The molecule has 1 aliphatic carbocycles. The maximum atomic E-state index is 12.2. The molecule has 2 amide bonds. The average Bonchev–Trinajstić information content (AvgIpc) is 3.12. The van der Waals surface area contributed by atoms with Crippen LogP contribution in [0.15, 0.2) is 24.3 Å². The molecule has 6 heteroatoms. The largest absolute Gasteiger partial charge is 0.451 e. The van der Waals surface area contributed by atoms with Gasteiger partial charge in [0.15, 0.2) is 6.10 Å². The normalized spacial score (nSPS) is 15.9. The van der Waals surface area contributed by atoms with E-state index in [9.17, 15) is 14.4 Å². The molecule has 1 atom stereocenters. The molecule has 0 saturated heterocycles. The topological polar surface area (TPSA) is 84.5 Å². The molecule has 0 unspecified atom stereocenters. The summed E-state index contributed by atoms with van der Waals surface area (Å²) in [6, 6.07) is 7.46. The van der Waals surface area contributed by atoms with Crippen LogP contribution in [0.3, 0.4) is 0 Å². The first-order valence-electron chi connectivity index (χ1n) is 9.55. The lowest BCUT2D eigenvalue weighted by molar-refractivity contribution is -0.154. The standard InChI is InChI=1S/C21H30N2O4/c1-14(19(25)23-17-7-5-6-8-17)27-18(24)13-22-20(26)15-9-11-16(12-10-15)21(2,3)4/h9-12,14,17H,5-8,13H2,1-4H3,(H,22,26)(H,23,25)/t14-/m0/s1. The summed E-state index contributed by atoms with van der Waals surface area (Å²) in [7, 11) is 0. The Labute approximate surface area is 161 Å². The first-order chi connectivity index (χ1) is 12.7. The van der Waals surface area contributed by atoms with Gasteiger partial charge in [-0.25, -0.2) is 0 Å². The number of esters is 1. The first-order valence-corrected chi connectivity index (χ1v) is 9.55. The van der Waals surface area contributed by atoms with E-state index in [2.05, 4.69) is 31.4 Å². The third-order valence-electron chi connectivity index (χ3n) is 4.79. The lowest BCUT2D eigenvalue weighted by Crippen LogP contribution is -2.42. The highest BCUT2D eigenvalue weighted by Gasteiger charge is 2.23. The zero-order valence-corrected chi connectivity index (χ0v) is 16.6. The number of benzene rings is 1. The Bertz CT molecular complexity index is 670. The second kappa shape index (κ2) is 9.02. The predicted octanol–water partition coefficient (Wildman–Crippen LogP) is 2.70. The van der Waals surface area contributed by atoms with Gasteiger partial charge in [-0.05, 0) is 42.9 Å². The van der Waals surface area contributed by atoms with E-state index >= 15 is 0 Å². The molecule has 1 saturated carbocycles. The monoisotopic (exact) mass is 374 g/mol. The average molecular weight is 374 g/mol. The van der Waals surface area contributed by atoms with Crippen LogP contribution in [0.25, 0.3) is 0 Å². The van der Waals surface area contributed by atoms with E-state index in [0.717, 1.165) is 31.2 Å². The molecule has 6 nitrogen and oxygen atoms in total. The summed E-state index contributed by atoms with van der Waals surface area (Å²) in [4.78, 5) is 36.1. The summed E-state index contributed by atoms with van der Waals surface area (Å²) in [5.74, 6) is -1.28. The molecule has 0 aliphatic heterocycles. The summed E-state index contributed by atoms with van der Waals surface area (Å²) >= 11 is 0. The number of amides is 2. The van der Waals surface area contributed by atoms with Gasteiger partial charge in [-0.1, -0.05) is 45.7 Å². The van der Waals surface area contributed by atoms with Gasteiger partial charge in [-0.3, -0.25) is 14.4 Å². The van der Waals surface area contributed by atoms with Crippen molar-refractivity contribution >= 4 is 17.8 Å². The zero-order chi connectivity index (χ0) is 20.0. The van der Waals surface area contributed by atoms with E-state index in [1.54, 1.807) is 12.1 Å². The molecule has 0 bridgehead atoms. The summed E-state index contributed by atoms with van der Waals surface area (Å²) in [5, 5.41) is 5.42. The first kappa shape index (κ1) is 20.9. The second-order valence-corrected chi connectivity index (χ2v) is 8.13. The minimum Gasteiger partial charge on any atom is -0.451 e. The van der Waals surface area contributed by atoms with Gasteiger partial charge in [-0.2, -0.15) is 0 Å². The highest BCUT2D eigenvalue weighted by Crippen LogP contribution is 2.22. The van der Waals surface area contributed by atoms with Crippen LogP contribution in [0.1, 0.15) is 69.3 Å². The molecule has 1 aromatic carbocycles. The number of carbonyl (C=O) groups is 3. The van der Waals surface area contributed by atoms with Crippen LogP contribution < -0.4 is 10.6 Å². The zero-order valence-electron chi connectivity index (χ0n) is 16.6. The maximum absolute atomic E-state index is 12.2. The van der Waals surface area contributed by atoms with Crippen LogP contribution in [0.4, 0.5) is 0 Å². The van der Waals surface area contributed by atoms with Crippen molar-refractivity contribution in [3.8, 4) is 0 Å². The van der Waals surface area contributed by atoms with E-state index < -0.39 is 12.1 Å². The third kappa shape index (κ3) is 6.38. The summed E-state index contributed by atoms with van der Waals surface area (Å²) in [6.45, 7) is 7.56. The molecular formula is C21H30N2O4. The van der Waals surface area contributed by atoms with Crippen LogP contribution >= 0.6 is 0 Å². The van der Waals surface area contributed by atoms with Crippen molar-refractivity contribution in [1.29, 1.82) is 0 Å². The van der Waals surface area contributed by atoms with Crippen molar-refractivity contribution in [3.05, 3.63) is 35.4 Å². The van der Waals surface area contributed by atoms with Gasteiger partial charge in [0.25, 0.3) is 11.8 Å². The van der Waals surface area contributed by atoms with Gasteiger partial charge in [0, 0.05) is 11.6 Å². The van der Waals surface area contributed by atoms with Gasteiger partial charge in [-0.15, -0.1) is 0 Å². The number of hydrogen-bond acceptors (Lipinski definition) is 4. The smallest absolute Gasteiger partial charge is 0.326 e. The number of hydrogen-bond donors (Lipinski definition) is 2. The maximum Gasteiger partial charge on any atom is 0.326 e. The molecule has 1 aliphatic rings.